The van der Waals surface area contributed by atoms with Crippen molar-refractivity contribution >= 4 is 0 Å². The lowest BCUT2D eigenvalue weighted by Gasteiger charge is -2.12. The molecule has 0 aromatic rings. The summed E-state index contributed by atoms with van der Waals surface area (Å²) in [4.78, 5) is 0. The Hall–Kier alpha value is -0.810. The molecule has 0 aliphatic heterocycles. The fourth-order valence-electron chi connectivity index (χ4n) is 1.08. The number of hydrogen-bond donors (Lipinski definition) is 1. The first-order valence-electron chi connectivity index (χ1n) is 4.39. The lowest BCUT2D eigenvalue weighted by Crippen LogP contribution is -2.06. The Labute approximate surface area is 74.5 Å². The maximum absolute atomic E-state index is 8.95. The van der Waals surface area contributed by atoms with E-state index in [0.717, 1.165) is 24.8 Å². The van der Waals surface area contributed by atoms with E-state index >= 15 is 0 Å². The molecule has 0 aliphatic rings. The first-order valence-corrected chi connectivity index (χ1v) is 4.39. The number of nitriles is 1. The van der Waals surface area contributed by atoms with Gasteiger partial charge in [-0.3, -0.25) is 0 Å². The average Bonchev–Trinajstić information content (AvgIpc) is 2.11. The van der Waals surface area contributed by atoms with Gasteiger partial charge in [0.25, 0.3) is 0 Å². The molecule has 0 bridgehead atoms. The van der Waals surface area contributed by atoms with Gasteiger partial charge in [-0.1, -0.05) is 19.1 Å². The van der Waals surface area contributed by atoms with Crippen molar-refractivity contribution in [2.75, 3.05) is 6.61 Å². The van der Waals surface area contributed by atoms with Gasteiger partial charge in [-0.25, -0.2) is 0 Å². The van der Waals surface area contributed by atoms with Crippen LogP contribution in [0.1, 0.15) is 32.6 Å². The average molecular weight is 167 g/mol. The molecule has 68 valence electrons. The van der Waals surface area contributed by atoms with Gasteiger partial charge in [-0.2, -0.15) is 5.26 Å². The fourth-order valence-corrected chi connectivity index (χ4v) is 1.08. The summed E-state index contributed by atoms with van der Waals surface area (Å²) >= 11 is 0. The van der Waals surface area contributed by atoms with Crippen LogP contribution in [0.5, 0.6) is 0 Å². The van der Waals surface area contributed by atoms with Gasteiger partial charge >= 0.3 is 0 Å². The largest absolute Gasteiger partial charge is 0.396 e. The van der Waals surface area contributed by atoms with Crippen molar-refractivity contribution in [2.24, 2.45) is 5.92 Å². The summed E-state index contributed by atoms with van der Waals surface area (Å²) in [5, 5.41) is 17.3. The quantitative estimate of drug-likeness (QED) is 0.617. The first-order chi connectivity index (χ1) is 5.74. The summed E-state index contributed by atoms with van der Waals surface area (Å²) in [6.07, 6.45) is 3.13. The Morgan fingerprint density at radius 1 is 1.67 bits per heavy atom. The number of nitrogens with zero attached hydrogens (tertiary/aromatic N) is 1. The highest BCUT2D eigenvalue weighted by molar-refractivity contribution is 4.94. The molecule has 0 aliphatic carbocycles. The predicted octanol–water partition coefficient (Wildman–Crippen LogP) is 2.25. The second kappa shape index (κ2) is 6.87. The first kappa shape index (κ1) is 11.2. The van der Waals surface area contributed by atoms with E-state index in [1.807, 2.05) is 0 Å². The number of aliphatic hydroxyl groups excluding tert-OH is 1. The Morgan fingerprint density at radius 2 is 2.33 bits per heavy atom. The van der Waals surface area contributed by atoms with Crippen molar-refractivity contribution in [2.45, 2.75) is 32.6 Å². The zero-order valence-electron chi connectivity index (χ0n) is 7.71. The minimum Gasteiger partial charge on any atom is -0.396 e. The molecule has 2 nitrogen and oxygen atoms in total. The van der Waals surface area contributed by atoms with Gasteiger partial charge in [0.1, 0.15) is 0 Å². The molecule has 0 saturated heterocycles. The van der Waals surface area contributed by atoms with Gasteiger partial charge in [-0.15, -0.1) is 0 Å². The summed E-state index contributed by atoms with van der Waals surface area (Å²) in [6, 6.07) is 2.08. The Morgan fingerprint density at radius 3 is 2.75 bits per heavy atom. The third-order valence-electron chi connectivity index (χ3n) is 2.00. The van der Waals surface area contributed by atoms with Crippen LogP contribution in [0.3, 0.4) is 0 Å². The number of aliphatic hydroxyl groups is 1. The van der Waals surface area contributed by atoms with E-state index in [1.165, 1.54) is 0 Å². The fraction of sp³-hybridized carbons (Fsp3) is 0.700. The van der Waals surface area contributed by atoms with Crippen molar-refractivity contribution in [1.29, 1.82) is 5.26 Å². The third kappa shape index (κ3) is 4.92. The van der Waals surface area contributed by atoms with Gasteiger partial charge in [0.15, 0.2) is 0 Å². The highest BCUT2D eigenvalue weighted by Crippen LogP contribution is 2.16. The van der Waals surface area contributed by atoms with Crippen LogP contribution >= 0.6 is 0 Å². The molecule has 0 aromatic heterocycles. The molecular formula is C10H17NO. The number of allylic oxidation sites excluding steroid dienone is 1. The van der Waals surface area contributed by atoms with Gasteiger partial charge < -0.3 is 5.11 Å². The molecule has 1 N–H and O–H groups in total. The minimum atomic E-state index is 0.167. The highest BCUT2D eigenvalue weighted by atomic mass is 16.3. The third-order valence-corrected chi connectivity index (χ3v) is 2.00. The summed E-state index contributed by atoms with van der Waals surface area (Å²) in [5.41, 5.74) is 1.16. The van der Waals surface area contributed by atoms with E-state index in [-0.39, 0.29) is 12.5 Å². The Bertz CT molecular complexity index is 169. The van der Waals surface area contributed by atoms with Gasteiger partial charge in [0.2, 0.25) is 0 Å². The van der Waals surface area contributed by atoms with Crippen LogP contribution in [0.25, 0.3) is 0 Å². The van der Waals surface area contributed by atoms with Crippen molar-refractivity contribution in [3.8, 4) is 6.07 Å². The van der Waals surface area contributed by atoms with Crippen LogP contribution in [0.15, 0.2) is 12.2 Å². The zero-order valence-corrected chi connectivity index (χ0v) is 7.71. The van der Waals surface area contributed by atoms with Gasteiger partial charge in [-0.05, 0) is 25.2 Å². The topological polar surface area (TPSA) is 44.0 Å². The summed E-state index contributed by atoms with van der Waals surface area (Å²) in [5.74, 6) is 0.233. The lowest BCUT2D eigenvalue weighted by atomic mass is 9.95. The Kier molecular flexibility index (Phi) is 6.41. The molecule has 2 heteroatoms. The normalized spacial score (nSPS) is 12.1. The highest BCUT2D eigenvalue weighted by Gasteiger charge is 2.07. The number of rotatable bonds is 6. The van der Waals surface area contributed by atoms with Crippen LogP contribution in [-0.2, 0) is 0 Å². The molecule has 0 radical (unpaired) electrons. The molecule has 0 fully saturated rings. The summed E-state index contributed by atoms with van der Waals surface area (Å²) in [6.45, 7) is 6.10. The molecule has 0 aromatic carbocycles. The van der Waals surface area contributed by atoms with Crippen LogP contribution < -0.4 is 0 Å². The van der Waals surface area contributed by atoms with Crippen molar-refractivity contribution in [3.05, 3.63) is 12.2 Å². The SMILES string of the molecule is C=C(CC)C[C@H](CO)CCC#N. The molecule has 0 amide bonds. The molecule has 0 saturated carbocycles. The van der Waals surface area contributed by atoms with Crippen molar-refractivity contribution in [1.82, 2.24) is 0 Å². The second-order valence-electron chi connectivity index (χ2n) is 3.05. The molecule has 0 heterocycles. The maximum atomic E-state index is 8.95. The van der Waals surface area contributed by atoms with Crippen LogP contribution in [0.4, 0.5) is 0 Å². The molecule has 0 unspecified atom stereocenters. The number of hydrogen-bond acceptors (Lipinski definition) is 2. The van der Waals surface area contributed by atoms with Crippen LogP contribution in [-0.4, -0.2) is 11.7 Å². The van der Waals surface area contributed by atoms with Crippen LogP contribution in [0, 0.1) is 17.2 Å². The standard InChI is InChI=1S/C10H17NO/c1-3-9(2)7-10(8-12)5-4-6-11/h10,12H,2-5,7-8H2,1H3/t10-/m1/s1. The van der Waals surface area contributed by atoms with E-state index in [0.29, 0.717) is 6.42 Å². The predicted molar refractivity (Wildman–Crippen MR) is 49.5 cm³/mol. The van der Waals surface area contributed by atoms with E-state index in [1.54, 1.807) is 0 Å². The second-order valence-corrected chi connectivity index (χ2v) is 3.05. The van der Waals surface area contributed by atoms with Crippen molar-refractivity contribution in [3.63, 3.8) is 0 Å². The monoisotopic (exact) mass is 167 g/mol. The molecule has 12 heavy (non-hydrogen) atoms. The van der Waals surface area contributed by atoms with Crippen LogP contribution in [0.2, 0.25) is 0 Å². The van der Waals surface area contributed by atoms with E-state index < -0.39 is 0 Å². The van der Waals surface area contributed by atoms with E-state index in [4.69, 9.17) is 10.4 Å². The van der Waals surface area contributed by atoms with Crippen molar-refractivity contribution < 1.29 is 5.11 Å². The molecule has 1 atom stereocenters. The van der Waals surface area contributed by atoms with Gasteiger partial charge in [0.05, 0.1) is 6.07 Å². The lowest BCUT2D eigenvalue weighted by molar-refractivity contribution is 0.218. The molecular weight excluding hydrogens is 150 g/mol. The summed E-state index contributed by atoms with van der Waals surface area (Å²) in [7, 11) is 0. The minimum absolute atomic E-state index is 0.167. The molecule has 0 rings (SSSR count). The van der Waals surface area contributed by atoms with E-state index in [2.05, 4.69) is 19.6 Å². The smallest absolute Gasteiger partial charge is 0.0621 e. The zero-order chi connectivity index (χ0) is 9.40. The van der Waals surface area contributed by atoms with Gasteiger partial charge in [0, 0.05) is 13.0 Å². The molecule has 0 spiro atoms. The maximum Gasteiger partial charge on any atom is 0.0621 e. The summed E-state index contributed by atoms with van der Waals surface area (Å²) < 4.78 is 0. The van der Waals surface area contributed by atoms with E-state index in [9.17, 15) is 0 Å². The Balaban J connectivity index is 3.68.